The fraction of sp³-hybridized carbons (Fsp3) is 0.300. The number of primary amides is 1. The first kappa shape index (κ1) is 20.1. The zero-order chi connectivity index (χ0) is 19.8. The minimum atomic E-state index is -0.640. The van der Waals surface area contributed by atoms with E-state index in [1.54, 1.807) is 39.5 Å². The molecule has 0 atom stereocenters. The lowest BCUT2D eigenvalue weighted by molar-refractivity contribution is -0.697. The highest BCUT2D eigenvalue weighted by molar-refractivity contribution is 5.91. The number of hydrogen-bond acceptors (Lipinski definition) is 4. The van der Waals surface area contributed by atoms with Gasteiger partial charge >= 0.3 is 6.03 Å². The minimum Gasteiger partial charge on any atom is -0.493 e. The first-order chi connectivity index (χ1) is 13.0. The van der Waals surface area contributed by atoms with E-state index in [4.69, 9.17) is 19.9 Å². The molecule has 27 heavy (non-hydrogen) atoms. The molecule has 0 bridgehead atoms. The lowest BCUT2D eigenvalue weighted by Crippen LogP contribution is -2.33. The average molecular weight is 372 g/mol. The number of nitrogens with two attached hydrogens (primary N) is 1. The van der Waals surface area contributed by atoms with E-state index in [-0.39, 0.29) is 0 Å². The Hall–Kier alpha value is -3.22. The maximum Gasteiger partial charge on any atom is 0.316 e. The fourth-order valence-corrected chi connectivity index (χ4v) is 2.72. The molecule has 0 aliphatic rings. The lowest BCUT2D eigenvalue weighted by atomic mass is 10.1. The normalized spacial score (nSPS) is 11.0. The van der Waals surface area contributed by atoms with Crippen molar-refractivity contribution in [3.63, 3.8) is 0 Å². The molecule has 2 aromatic rings. The smallest absolute Gasteiger partial charge is 0.316 e. The van der Waals surface area contributed by atoms with Crippen molar-refractivity contribution in [3.8, 4) is 17.2 Å². The largest absolute Gasteiger partial charge is 0.493 e. The van der Waals surface area contributed by atoms with Gasteiger partial charge in [-0.3, -0.25) is 0 Å². The highest BCUT2D eigenvalue weighted by Crippen LogP contribution is 2.38. The fourth-order valence-electron chi connectivity index (χ4n) is 2.72. The minimum absolute atomic E-state index is 0.502. The van der Waals surface area contributed by atoms with Crippen molar-refractivity contribution in [2.75, 3.05) is 21.3 Å². The van der Waals surface area contributed by atoms with Crippen LogP contribution >= 0.6 is 0 Å². The summed E-state index contributed by atoms with van der Waals surface area (Å²) < 4.78 is 18.2. The molecule has 1 aromatic heterocycles. The molecule has 1 heterocycles. The third-order valence-corrected chi connectivity index (χ3v) is 3.94. The van der Waals surface area contributed by atoms with Gasteiger partial charge < -0.3 is 25.3 Å². The maximum atomic E-state index is 11.5. The van der Waals surface area contributed by atoms with Crippen LogP contribution in [0.25, 0.3) is 11.8 Å². The Morgan fingerprint density at radius 2 is 1.70 bits per heavy atom. The van der Waals surface area contributed by atoms with Gasteiger partial charge in [-0.05, 0) is 23.8 Å². The van der Waals surface area contributed by atoms with Gasteiger partial charge in [0, 0.05) is 24.1 Å². The number of urea groups is 1. The molecule has 0 unspecified atom stereocenters. The first-order valence-electron chi connectivity index (χ1n) is 8.60. The number of rotatable bonds is 8. The molecule has 0 aliphatic heterocycles. The second-order valence-electron chi connectivity index (χ2n) is 5.83. The molecule has 144 valence electrons. The van der Waals surface area contributed by atoms with Crippen molar-refractivity contribution < 1.29 is 23.6 Å². The summed E-state index contributed by atoms with van der Waals surface area (Å²) in [6, 6.07) is 6.80. The number of amides is 2. The Balaban J connectivity index is 2.49. The summed E-state index contributed by atoms with van der Waals surface area (Å²) in [6.45, 7) is 3.04. The van der Waals surface area contributed by atoms with Crippen LogP contribution in [-0.2, 0) is 6.54 Å². The van der Waals surface area contributed by atoms with Gasteiger partial charge in [0.25, 0.3) is 0 Å². The van der Waals surface area contributed by atoms with E-state index in [9.17, 15) is 4.79 Å². The van der Waals surface area contributed by atoms with Gasteiger partial charge in [-0.1, -0.05) is 6.92 Å². The number of nitrogens with one attached hydrogen (secondary N) is 1. The molecule has 2 amide bonds. The monoisotopic (exact) mass is 372 g/mol. The number of aromatic nitrogens is 1. The van der Waals surface area contributed by atoms with Crippen LogP contribution in [0.2, 0.25) is 0 Å². The number of aryl methyl sites for hydroxylation is 1. The van der Waals surface area contributed by atoms with Crippen molar-refractivity contribution in [2.24, 2.45) is 5.73 Å². The van der Waals surface area contributed by atoms with Gasteiger partial charge in [0.2, 0.25) is 5.75 Å². The molecular formula is C20H26N3O4+. The van der Waals surface area contributed by atoms with Crippen LogP contribution in [0.3, 0.4) is 0 Å². The van der Waals surface area contributed by atoms with Gasteiger partial charge in [0.05, 0.1) is 27.0 Å². The number of carbonyl (C=O) groups is 1. The van der Waals surface area contributed by atoms with Crippen molar-refractivity contribution in [2.45, 2.75) is 19.9 Å². The van der Waals surface area contributed by atoms with Crippen LogP contribution in [0.15, 0.2) is 36.7 Å². The Morgan fingerprint density at radius 1 is 1.11 bits per heavy atom. The molecule has 3 N–H and O–H groups in total. The molecule has 7 nitrogen and oxygen atoms in total. The number of pyridine rings is 1. The summed E-state index contributed by atoms with van der Waals surface area (Å²) in [7, 11) is 4.65. The molecular weight excluding hydrogens is 346 g/mol. The third kappa shape index (κ3) is 5.13. The van der Waals surface area contributed by atoms with Crippen LogP contribution in [0, 0.1) is 0 Å². The molecule has 0 spiro atoms. The molecule has 2 rings (SSSR count). The van der Waals surface area contributed by atoms with Gasteiger partial charge in [-0.2, -0.15) is 0 Å². The van der Waals surface area contributed by atoms with Crippen molar-refractivity contribution in [3.05, 3.63) is 47.8 Å². The van der Waals surface area contributed by atoms with Crippen LogP contribution in [0.1, 0.15) is 24.5 Å². The topological polar surface area (TPSA) is 86.7 Å². The van der Waals surface area contributed by atoms with Crippen molar-refractivity contribution in [1.82, 2.24) is 5.32 Å². The number of ether oxygens (including phenoxy) is 3. The van der Waals surface area contributed by atoms with Gasteiger partial charge in [0.1, 0.15) is 6.54 Å². The molecule has 7 heteroatoms. The second kappa shape index (κ2) is 9.47. The number of nitrogens with zero attached hydrogens (tertiary/aromatic N) is 1. The Labute approximate surface area is 159 Å². The summed E-state index contributed by atoms with van der Waals surface area (Å²) in [4.78, 5) is 11.5. The number of methoxy groups -OCH3 is 3. The zero-order valence-corrected chi connectivity index (χ0v) is 16.1. The standard InChI is InChI=1S/C20H25N3O4/c1-5-8-23-9-6-15(7-10-23)16(22-20(21)24)11-14-12-17(25-2)19(27-4)18(13-14)26-3/h6-7,9-13H,5,8H2,1-4H3,(H2-,21,22,24)/p+1/b16-11-. The summed E-state index contributed by atoms with van der Waals surface area (Å²) in [5, 5.41) is 2.68. The Kier molecular flexibility index (Phi) is 7.05. The maximum absolute atomic E-state index is 11.5. The van der Waals surface area contributed by atoms with Crippen LogP contribution in [0.4, 0.5) is 4.79 Å². The summed E-state index contributed by atoms with van der Waals surface area (Å²) in [5.74, 6) is 1.55. The molecule has 0 saturated heterocycles. The molecule has 0 radical (unpaired) electrons. The van der Waals surface area contributed by atoms with Gasteiger partial charge in [-0.15, -0.1) is 0 Å². The van der Waals surface area contributed by atoms with E-state index in [1.807, 2.05) is 24.5 Å². The predicted molar refractivity (Wildman–Crippen MR) is 104 cm³/mol. The first-order valence-corrected chi connectivity index (χ1v) is 8.60. The van der Waals surface area contributed by atoms with E-state index < -0.39 is 6.03 Å². The molecule has 0 saturated carbocycles. The van der Waals surface area contributed by atoms with Crippen molar-refractivity contribution >= 4 is 17.8 Å². The van der Waals surface area contributed by atoms with Gasteiger partial charge in [0.15, 0.2) is 23.9 Å². The Morgan fingerprint density at radius 3 is 2.15 bits per heavy atom. The quantitative estimate of drug-likeness (QED) is 0.697. The molecule has 1 aromatic carbocycles. The predicted octanol–water partition coefficient (Wildman–Crippen LogP) is 2.58. The zero-order valence-electron chi connectivity index (χ0n) is 16.1. The van der Waals surface area contributed by atoms with Crippen LogP contribution in [0.5, 0.6) is 17.2 Å². The SMILES string of the molecule is CCC[n+]1ccc(/C(=C/c2cc(OC)c(OC)c(OC)c2)NC(N)=O)cc1. The highest BCUT2D eigenvalue weighted by Gasteiger charge is 2.14. The molecule has 0 fully saturated rings. The summed E-state index contributed by atoms with van der Waals surface area (Å²) in [5.41, 5.74) is 7.52. The van der Waals surface area contributed by atoms with E-state index in [2.05, 4.69) is 16.8 Å². The third-order valence-electron chi connectivity index (χ3n) is 3.94. The van der Waals surface area contributed by atoms with Crippen LogP contribution < -0.4 is 29.8 Å². The second-order valence-corrected chi connectivity index (χ2v) is 5.83. The number of benzene rings is 1. The van der Waals surface area contributed by atoms with Gasteiger partial charge in [-0.25, -0.2) is 9.36 Å². The van der Waals surface area contributed by atoms with E-state index >= 15 is 0 Å². The van der Waals surface area contributed by atoms with E-state index in [0.29, 0.717) is 22.9 Å². The molecule has 0 aliphatic carbocycles. The van der Waals surface area contributed by atoms with Crippen LogP contribution in [-0.4, -0.2) is 27.4 Å². The highest BCUT2D eigenvalue weighted by atomic mass is 16.5. The van der Waals surface area contributed by atoms with E-state index in [0.717, 1.165) is 24.1 Å². The number of hydrogen-bond donors (Lipinski definition) is 2. The number of carbonyl (C=O) groups excluding carboxylic acids is 1. The summed E-state index contributed by atoms with van der Waals surface area (Å²) in [6.07, 6.45) is 6.77. The lowest BCUT2D eigenvalue weighted by Gasteiger charge is -2.14. The van der Waals surface area contributed by atoms with E-state index in [1.165, 1.54) is 0 Å². The van der Waals surface area contributed by atoms with Crippen molar-refractivity contribution in [1.29, 1.82) is 0 Å². The average Bonchev–Trinajstić information content (AvgIpc) is 2.67. The summed E-state index contributed by atoms with van der Waals surface area (Å²) >= 11 is 0. The Bertz CT molecular complexity index is 791.